The van der Waals surface area contributed by atoms with E-state index >= 15 is 0 Å². The van der Waals surface area contributed by atoms with Crippen molar-refractivity contribution in [3.05, 3.63) is 34.3 Å². The highest BCUT2D eigenvalue weighted by Gasteiger charge is 2.22. The summed E-state index contributed by atoms with van der Waals surface area (Å²) in [5, 5.41) is 9.30. The van der Waals surface area contributed by atoms with Crippen LogP contribution in [0.4, 0.5) is 0 Å². The molecule has 0 radical (unpaired) electrons. The summed E-state index contributed by atoms with van der Waals surface area (Å²) >= 11 is 3.53. The Kier molecular flexibility index (Phi) is 8.17. The molecule has 1 aromatic rings. The van der Waals surface area contributed by atoms with Crippen LogP contribution < -0.4 is 0 Å². The van der Waals surface area contributed by atoms with Crippen LogP contribution in [0, 0.1) is 5.41 Å². The maximum Gasteiger partial charge on any atom is 0.158 e. The summed E-state index contributed by atoms with van der Waals surface area (Å²) in [4.78, 5) is 0. The average molecular weight is 401 g/mol. The summed E-state index contributed by atoms with van der Waals surface area (Å²) in [6.45, 7) is 6.00. The third-order valence-corrected chi connectivity index (χ3v) is 4.61. The first kappa shape index (κ1) is 19.9. The molecule has 1 N–H and O–H groups in total. The number of benzene rings is 1. The lowest BCUT2D eigenvalue weighted by atomic mass is 9.96. The molecule has 2 unspecified atom stereocenters. The Labute approximate surface area is 153 Å². The van der Waals surface area contributed by atoms with Gasteiger partial charge in [-0.05, 0) is 37.0 Å². The lowest BCUT2D eigenvalue weighted by Crippen LogP contribution is -2.26. The van der Waals surface area contributed by atoms with Crippen LogP contribution in [0.1, 0.15) is 51.2 Å². The molecule has 1 aromatic carbocycles. The fourth-order valence-electron chi connectivity index (χ4n) is 2.61. The molecule has 1 heterocycles. The van der Waals surface area contributed by atoms with Crippen molar-refractivity contribution >= 4 is 15.9 Å². The van der Waals surface area contributed by atoms with E-state index < -0.39 is 0 Å². The maximum absolute atomic E-state index is 9.30. The average Bonchev–Trinajstić information content (AvgIpc) is 2.58. The Morgan fingerprint density at radius 1 is 1.38 bits per heavy atom. The molecule has 0 saturated carbocycles. The molecule has 2 rings (SSSR count). The van der Waals surface area contributed by atoms with Crippen molar-refractivity contribution in [3.63, 3.8) is 0 Å². The van der Waals surface area contributed by atoms with E-state index in [1.54, 1.807) is 0 Å². The van der Waals surface area contributed by atoms with Crippen molar-refractivity contribution in [1.29, 1.82) is 0 Å². The second-order valence-electron chi connectivity index (χ2n) is 7.14. The van der Waals surface area contributed by atoms with E-state index in [-0.39, 0.29) is 24.4 Å². The fourth-order valence-corrected chi connectivity index (χ4v) is 3.02. The Balaban J connectivity index is 1.92. The van der Waals surface area contributed by atoms with E-state index in [9.17, 15) is 5.11 Å². The van der Waals surface area contributed by atoms with Crippen LogP contribution in [0.2, 0.25) is 0 Å². The van der Waals surface area contributed by atoms with Gasteiger partial charge in [-0.3, -0.25) is 0 Å². The molecule has 1 aliphatic heterocycles. The molecule has 0 aliphatic carbocycles. The van der Waals surface area contributed by atoms with Gasteiger partial charge in [-0.1, -0.05) is 41.9 Å². The highest BCUT2D eigenvalue weighted by molar-refractivity contribution is 9.10. The van der Waals surface area contributed by atoms with Crippen molar-refractivity contribution in [3.8, 4) is 0 Å². The second-order valence-corrected chi connectivity index (χ2v) is 8.06. The molecule has 0 bridgehead atoms. The van der Waals surface area contributed by atoms with E-state index in [4.69, 9.17) is 14.2 Å². The van der Waals surface area contributed by atoms with Crippen LogP contribution in [0.15, 0.2) is 28.7 Å². The van der Waals surface area contributed by atoms with Crippen LogP contribution in [0.5, 0.6) is 0 Å². The van der Waals surface area contributed by atoms with E-state index in [2.05, 4.69) is 28.1 Å². The second kappa shape index (κ2) is 9.88. The van der Waals surface area contributed by atoms with E-state index in [0.29, 0.717) is 13.2 Å². The smallest absolute Gasteiger partial charge is 0.158 e. The predicted octanol–water partition coefficient (Wildman–Crippen LogP) is 4.46. The zero-order valence-corrected chi connectivity index (χ0v) is 16.3. The number of hydrogen-bond donors (Lipinski definition) is 1. The first-order chi connectivity index (χ1) is 11.5. The van der Waals surface area contributed by atoms with Crippen LogP contribution in [-0.4, -0.2) is 37.8 Å². The maximum atomic E-state index is 9.30. The zero-order chi connectivity index (χ0) is 17.4. The quantitative estimate of drug-likeness (QED) is 0.621. The van der Waals surface area contributed by atoms with E-state index in [1.807, 2.05) is 26.0 Å². The molecular formula is C19H29BrO4. The summed E-state index contributed by atoms with van der Waals surface area (Å²) in [6.07, 6.45) is 3.79. The largest absolute Gasteiger partial charge is 0.396 e. The van der Waals surface area contributed by atoms with Crippen molar-refractivity contribution < 1.29 is 19.3 Å². The van der Waals surface area contributed by atoms with Gasteiger partial charge in [0.05, 0.1) is 19.3 Å². The molecule has 1 saturated heterocycles. The van der Waals surface area contributed by atoms with Gasteiger partial charge in [0.2, 0.25) is 0 Å². The fraction of sp³-hybridized carbons (Fsp3) is 0.684. The van der Waals surface area contributed by atoms with Crippen LogP contribution in [-0.2, 0) is 14.2 Å². The molecule has 24 heavy (non-hydrogen) atoms. The van der Waals surface area contributed by atoms with E-state index in [0.717, 1.165) is 42.3 Å². The first-order valence-electron chi connectivity index (χ1n) is 8.71. The topological polar surface area (TPSA) is 47.9 Å². The third kappa shape index (κ3) is 6.81. The Morgan fingerprint density at radius 2 is 2.21 bits per heavy atom. The number of rotatable bonds is 9. The SMILES string of the molecule is CC(C)(CO)COCCC(OC1CCCCO1)c1cccc(Br)c1. The van der Waals surface area contributed by atoms with Gasteiger partial charge in [-0.15, -0.1) is 0 Å². The third-order valence-electron chi connectivity index (χ3n) is 4.12. The lowest BCUT2D eigenvalue weighted by Gasteiger charge is -2.28. The molecule has 136 valence electrons. The van der Waals surface area contributed by atoms with Crippen molar-refractivity contribution in [2.75, 3.05) is 26.4 Å². The number of aliphatic hydroxyl groups is 1. The summed E-state index contributed by atoms with van der Waals surface area (Å²) in [5.74, 6) is 0. The number of halogens is 1. The molecule has 0 spiro atoms. The van der Waals surface area contributed by atoms with Gasteiger partial charge in [0.1, 0.15) is 0 Å². The summed E-state index contributed by atoms with van der Waals surface area (Å²) in [5.41, 5.74) is 0.919. The van der Waals surface area contributed by atoms with Gasteiger partial charge in [-0.25, -0.2) is 0 Å². The van der Waals surface area contributed by atoms with Crippen LogP contribution in [0.25, 0.3) is 0 Å². The van der Waals surface area contributed by atoms with Gasteiger partial charge in [0, 0.05) is 29.5 Å². The summed E-state index contributed by atoms with van der Waals surface area (Å²) in [7, 11) is 0. The monoisotopic (exact) mass is 400 g/mol. The molecule has 1 fully saturated rings. The van der Waals surface area contributed by atoms with E-state index in [1.165, 1.54) is 0 Å². The molecule has 0 aromatic heterocycles. The molecule has 5 heteroatoms. The van der Waals surface area contributed by atoms with Crippen molar-refractivity contribution in [2.45, 2.75) is 51.9 Å². The number of aliphatic hydroxyl groups excluding tert-OH is 1. The minimum Gasteiger partial charge on any atom is -0.396 e. The van der Waals surface area contributed by atoms with Gasteiger partial charge in [-0.2, -0.15) is 0 Å². The lowest BCUT2D eigenvalue weighted by molar-refractivity contribution is -0.193. The van der Waals surface area contributed by atoms with Crippen LogP contribution >= 0.6 is 15.9 Å². The minimum atomic E-state index is -0.210. The van der Waals surface area contributed by atoms with Crippen LogP contribution in [0.3, 0.4) is 0 Å². The normalized spacial score (nSPS) is 20.1. The van der Waals surface area contributed by atoms with Gasteiger partial charge >= 0.3 is 0 Å². The molecular weight excluding hydrogens is 372 g/mol. The van der Waals surface area contributed by atoms with Crippen molar-refractivity contribution in [2.24, 2.45) is 5.41 Å². The Bertz CT molecular complexity index is 486. The molecule has 2 atom stereocenters. The van der Waals surface area contributed by atoms with Gasteiger partial charge in [0.15, 0.2) is 6.29 Å². The highest BCUT2D eigenvalue weighted by Crippen LogP contribution is 2.28. The molecule has 1 aliphatic rings. The Hall–Kier alpha value is -0.460. The van der Waals surface area contributed by atoms with Crippen molar-refractivity contribution in [1.82, 2.24) is 0 Å². The van der Waals surface area contributed by atoms with Gasteiger partial charge < -0.3 is 19.3 Å². The van der Waals surface area contributed by atoms with Gasteiger partial charge in [0.25, 0.3) is 0 Å². The molecule has 4 nitrogen and oxygen atoms in total. The Morgan fingerprint density at radius 3 is 2.88 bits per heavy atom. The first-order valence-corrected chi connectivity index (χ1v) is 9.50. The summed E-state index contributed by atoms with van der Waals surface area (Å²) in [6, 6.07) is 8.20. The summed E-state index contributed by atoms with van der Waals surface area (Å²) < 4.78 is 18.8. The highest BCUT2D eigenvalue weighted by atomic mass is 79.9. The molecule has 0 amide bonds. The number of ether oxygens (including phenoxy) is 3. The minimum absolute atomic E-state index is 0.0529. The zero-order valence-electron chi connectivity index (χ0n) is 14.7. The predicted molar refractivity (Wildman–Crippen MR) is 97.9 cm³/mol. The number of hydrogen-bond acceptors (Lipinski definition) is 4. The standard InChI is InChI=1S/C19H29BrO4/c1-19(2,13-21)14-22-11-9-17(15-6-5-7-16(20)12-15)24-18-8-3-4-10-23-18/h5-7,12,17-18,21H,3-4,8-11,13-14H2,1-2H3.